The highest BCUT2D eigenvalue weighted by molar-refractivity contribution is 5.97. The molecular weight excluding hydrogens is 340 g/mol. The monoisotopic (exact) mass is 364 g/mol. The van der Waals surface area contributed by atoms with Crippen LogP contribution in [0.25, 0.3) is 0 Å². The second-order valence-corrected chi connectivity index (χ2v) is 7.31. The summed E-state index contributed by atoms with van der Waals surface area (Å²) in [5, 5.41) is 2.93. The Bertz CT molecular complexity index is 798. The fourth-order valence-corrected chi connectivity index (χ4v) is 3.95. The first-order valence-corrected chi connectivity index (χ1v) is 9.62. The molecule has 2 aliphatic rings. The maximum Gasteiger partial charge on any atom is 0.229 e. The molecule has 1 aliphatic heterocycles. The Hall–Kier alpha value is -2.82. The van der Waals surface area contributed by atoms with Gasteiger partial charge in [-0.1, -0.05) is 31.0 Å². The van der Waals surface area contributed by atoms with Crippen LogP contribution in [0, 0.1) is 5.92 Å². The molecule has 2 aromatic carbocycles. The van der Waals surface area contributed by atoms with E-state index in [1.165, 1.54) is 12.8 Å². The van der Waals surface area contributed by atoms with E-state index < -0.39 is 0 Å². The molecule has 140 valence electrons. The molecule has 1 N–H and O–H groups in total. The van der Waals surface area contributed by atoms with Crippen molar-refractivity contribution in [1.29, 1.82) is 0 Å². The molecule has 5 heteroatoms. The summed E-state index contributed by atoms with van der Waals surface area (Å²) in [6.07, 6.45) is 4.83. The van der Waals surface area contributed by atoms with Crippen molar-refractivity contribution in [2.45, 2.75) is 38.1 Å². The zero-order chi connectivity index (χ0) is 18.6. The Morgan fingerprint density at radius 3 is 2.33 bits per heavy atom. The third-order valence-corrected chi connectivity index (χ3v) is 5.40. The SMILES string of the molecule is O=C(Nc1ccc(Oc2ccccc2)cc1)[C@H]1CC(=O)N(C2CCCC2)C1. The standard InChI is InChI=1S/C22H24N2O3/c25-21-14-16(15-24(21)18-6-4-5-7-18)22(26)23-17-10-12-20(13-11-17)27-19-8-2-1-3-9-19/h1-3,8-13,16,18H,4-7,14-15H2,(H,23,26)/t16-/m0/s1. The summed E-state index contributed by atoms with van der Waals surface area (Å²) in [4.78, 5) is 26.8. The fraction of sp³-hybridized carbons (Fsp3) is 0.364. The molecule has 2 fully saturated rings. The zero-order valence-electron chi connectivity index (χ0n) is 15.3. The van der Waals surface area contributed by atoms with Crippen molar-refractivity contribution < 1.29 is 14.3 Å². The molecule has 1 heterocycles. The van der Waals surface area contributed by atoms with E-state index in [-0.39, 0.29) is 17.7 Å². The molecule has 27 heavy (non-hydrogen) atoms. The molecule has 0 unspecified atom stereocenters. The van der Waals surface area contributed by atoms with E-state index >= 15 is 0 Å². The van der Waals surface area contributed by atoms with Crippen molar-refractivity contribution in [3.05, 3.63) is 54.6 Å². The average molecular weight is 364 g/mol. The van der Waals surface area contributed by atoms with Crippen molar-refractivity contribution in [3.63, 3.8) is 0 Å². The minimum absolute atomic E-state index is 0.0828. The number of rotatable bonds is 5. The lowest BCUT2D eigenvalue weighted by Gasteiger charge is -2.23. The molecule has 0 aromatic heterocycles. The largest absolute Gasteiger partial charge is 0.457 e. The Morgan fingerprint density at radius 1 is 0.963 bits per heavy atom. The van der Waals surface area contributed by atoms with Crippen LogP contribution < -0.4 is 10.1 Å². The zero-order valence-corrected chi connectivity index (χ0v) is 15.3. The summed E-state index contributed by atoms with van der Waals surface area (Å²) in [6, 6.07) is 17.2. The van der Waals surface area contributed by atoms with Crippen molar-refractivity contribution in [2.24, 2.45) is 5.92 Å². The van der Waals surface area contributed by atoms with Gasteiger partial charge in [0.2, 0.25) is 11.8 Å². The van der Waals surface area contributed by atoms with Crippen LogP contribution in [0.15, 0.2) is 54.6 Å². The van der Waals surface area contributed by atoms with Crippen LogP contribution in [0.3, 0.4) is 0 Å². The van der Waals surface area contributed by atoms with Gasteiger partial charge in [-0.15, -0.1) is 0 Å². The molecule has 0 spiro atoms. The second-order valence-electron chi connectivity index (χ2n) is 7.31. The normalized spacial score (nSPS) is 20.1. The summed E-state index contributed by atoms with van der Waals surface area (Å²) in [6.45, 7) is 0.546. The predicted molar refractivity (Wildman–Crippen MR) is 104 cm³/mol. The summed E-state index contributed by atoms with van der Waals surface area (Å²) in [7, 11) is 0. The van der Waals surface area contributed by atoms with Gasteiger partial charge in [-0.25, -0.2) is 0 Å². The smallest absolute Gasteiger partial charge is 0.229 e. The number of hydrogen-bond donors (Lipinski definition) is 1. The van der Waals surface area contributed by atoms with Gasteiger partial charge in [-0.3, -0.25) is 9.59 Å². The molecule has 1 saturated carbocycles. The topological polar surface area (TPSA) is 58.6 Å². The van der Waals surface area contributed by atoms with E-state index in [4.69, 9.17) is 4.74 Å². The molecule has 2 amide bonds. The molecule has 0 radical (unpaired) electrons. The van der Waals surface area contributed by atoms with Crippen LogP contribution >= 0.6 is 0 Å². The highest BCUT2D eigenvalue weighted by atomic mass is 16.5. The Labute approximate surface area is 159 Å². The van der Waals surface area contributed by atoms with Gasteiger partial charge in [0.15, 0.2) is 0 Å². The third-order valence-electron chi connectivity index (χ3n) is 5.40. The summed E-state index contributed by atoms with van der Waals surface area (Å²) in [5.74, 6) is 1.25. The van der Waals surface area contributed by atoms with Gasteiger partial charge in [0.1, 0.15) is 11.5 Å². The maximum atomic E-state index is 12.6. The van der Waals surface area contributed by atoms with Crippen LogP contribution in [-0.4, -0.2) is 29.3 Å². The third kappa shape index (κ3) is 4.13. The molecule has 0 bridgehead atoms. The van der Waals surface area contributed by atoms with E-state index in [1.807, 2.05) is 59.5 Å². The Kier molecular flexibility index (Phi) is 5.10. The number of para-hydroxylation sites is 1. The molecule has 5 nitrogen and oxygen atoms in total. The number of carbonyl (C=O) groups excluding carboxylic acids is 2. The number of nitrogens with zero attached hydrogens (tertiary/aromatic N) is 1. The number of amides is 2. The maximum absolute atomic E-state index is 12.6. The van der Waals surface area contributed by atoms with Crippen molar-refractivity contribution >= 4 is 17.5 Å². The molecule has 4 rings (SSSR count). The molecule has 1 aliphatic carbocycles. The minimum Gasteiger partial charge on any atom is -0.457 e. The number of anilines is 1. The van der Waals surface area contributed by atoms with Crippen LogP contribution in [0.5, 0.6) is 11.5 Å². The predicted octanol–water partition coefficient (Wildman–Crippen LogP) is 4.21. The summed E-state index contributed by atoms with van der Waals surface area (Å²) < 4.78 is 5.76. The van der Waals surface area contributed by atoms with Gasteiger partial charge in [0.05, 0.1) is 5.92 Å². The van der Waals surface area contributed by atoms with Gasteiger partial charge in [-0.2, -0.15) is 0 Å². The van der Waals surface area contributed by atoms with E-state index in [1.54, 1.807) is 0 Å². The second kappa shape index (κ2) is 7.82. The number of nitrogens with one attached hydrogen (secondary N) is 1. The number of benzene rings is 2. The highest BCUT2D eigenvalue weighted by Gasteiger charge is 2.38. The van der Waals surface area contributed by atoms with Crippen molar-refractivity contribution in [2.75, 3.05) is 11.9 Å². The van der Waals surface area contributed by atoms with E-state index in [0.29, 0.717) is 30.4 Å². The lowest BCUT2D eigenvalue weighted by molar-refractivity contribution is -0.129. The average Bonchev–Trinajstić information content (AvgIpc) is 3.34. The number of ether oxygens (including phenoxy) is 1. The van der Waals surface area contributed by atoms with Crippen molar-refractivity contribution in [3.8, 4) is 11.5 Å². The van der Waals surface area contributed by atoms with Crippen LogP contribution in [0.4, 0.5) is 5.69 Å². The quantitative estimate of drug-likeness (QED) is 0.865. The van der Waals surface area contributed by atoms with Gasteiger partial charge >= 0.3 is 0 Å². The molecular formula is C22H24N2O3. The van der Waals surface area contributed by atoms with E-state index in [9.17, 15) is 9.59 Å². The van der Waals surface area contributed by atoms with Gasteiger partial charge in [0.25, 0.3) is 0 Å². The first-order valence-electron chi connectivity index (χ1n) is 9.62. The van der Waals surface area contributed by atoms with E-state index in [2.05, 4.69) is 5.32 Å². The van der Waals surface area contributed by atoms with Crippen molar-refractivity contribution in [1.82, 2.24) is 4.90 Å². The molecule has 2 aromatic rings. The molecule has 1 atom stereocenters. The number of hydrogen-bond acceptors (Lipinski definition) is 3. The fourth-order valence-electron chi connectivity index (χ4n) is 3.95. The van der Waals surface area contributed by atoms with Crippen LogP contribution in [-0.2, 0) is 9.59 Å². The lowest BCUT2D eigenvalue weighted by atomic mass is 10.1. The first kappa shape index (κ1) is 17.6. The molecule has 1 saturated heterocycles. The van der Waals surface area contributed by atoms with Gasteiger partial charge in [-0.05, 0) is 49.2 Å². The number of likely N-dealkylation sites (tertiary alicyclic amines) is 1. The Morgan fingerprint density at radius 2 is 1.63 bits per heavy atom. The Balaban J connectivity index is 1.33. The first-order chi connectivity index (χ1) is 13.2. The van der Waals surface area contributed by atoms with E-state index in [0.717, 1.165) is 18.6 Å². The van der Waals surface area contributed by atoms with Gasteiger partial charge in [0, 0.05) is 24.7 Å². The minimum atomic E-state index is -0.265. The summed E-state index contributed by atoms with van der Waals surface area (Å²) >= 11 is 0. The number of carbonyl (C=O) groups is 2. The summed E-state index contributed by atoms with van der Waals surface area (Å²) in [5.41, 5.74) is 0.715. The van der Waals surface area contributed by atoms with Gasteiger partial charge < -0.3 is 15.0 Å². The highest BCUT2D eigenvalue weighted by Crippen LogP contribution is 2.30. The lowest BCUT2D eigenvalue weighted by Crippen LogP contribution is -2.35. The van der Waals surface area contributed by atoms with Crippen LogP contribution in [0.1, 0.15) is 32.1 Å². The van der Waals surface area contributed by atoms with Crippen LogP contribution in [0.2, 0.25) is 0 Å².